The fourth-order valence-electron chi connectivity index (χ4n) is 5.26. The maximum absolute atomic E-state index is 6.43. The minimum Gasteiger partial charge on any atom is -0.309 e. The Morgan fingerprint density at radius 3 is 1.59 bits per heavy atom. The third-order valence-electron chi connectivity index (χ3n) is 6.62. The average Bonchev–Trinajstić information content (AvgIpc) is 3.17. The standard InChI is InChI=1S/C30H18ClN/c31-19-13-15-27-26-11-5-6-12-29(26)32(30(27)17-19)20-14-16-25-23-9-2-1-7-21(23)22-8-3-4-10-24(22)28(25)18-20/h1-18H. The van der Waals surface area contributed by atoms with Gasteiger partial charge in [-0.05, 0) is 62.6 Å². The lowest BCUT2D eigenvalue weighted by molar-refractivity contribution is 1.19. The molecule has 0 N–H and O–H groups in total. The van der Waals surface area contributed by atoms with E-state index in [4.69, 9.17) is 11.6 Å². The molecule has 1 heterocycles. The van der Waals surface area contributed by atoms with Gasteiger partial charge in [0.2, 0.25) is 0 Å². The molecule has 0 saturated heterocycles. The first-order valence-corrected chi connectivity index (χ1v) is 11.2. The first-order chi connectivity index (χ1) is 15.8. The van der Waals surface area contributed by atoms with Crippen LogP contribution in [0.1, 0.15) is 0 Å². The maximum Gasteiger partial charge on any atom is 0.0555 e. The number of halogens is 1. The minimum absolute atomic E-state index is 0.749. The number of para-hydroxylation sites is 1. The number of rotatable bonds is 1. The Morgan fingerprint density at radius 1 is 0.406 bits per heavy atom. The van der Waals surface area contributed by atoms with Crippen LogP contribution >= 0.6 is 11.6 Å². The van der Waals surface area contributed by atoms with E-state index < -0.39 is 0 Å². The van der Waals surface area contributed by atoms with Crippen LogP contribution in [0.5, 0.6) is 0 Å². The average molecular weight is 428 g/mol. The Labute approximate surface area is 190 Å². The summed E-state index contributed by atoms with van der Waals surface area (Å²) in [4.78, 5) is 0. The highest BCUT2D eigenvalue weighted by Gasteiger charge is 2.14. The van der Waals surface area contributed by atoms with E-state index in [0.717, 1.165) is 16.2 Å². The summed E-state index contributed by atoms with van der Waals surface area (Å²) in [6, 6.07) is 39.0. The second-order valence-corrected chi connectivity index (χ2v) is 8.77. The zero-order chi connectivity index (χ0) is 21.2. The number of benzene rings is 6. The van der Waals surface area contributed by atoms with E-state index in [0.29, 0.717) is 0 Å². The number of hydrogen-bond acceptors (Lipinski definition) is 0. The van der Waals surface area contributed by atoms with Gasteiger partial charge in [0.15, 0.2) is 0 Å². The number of aromatic nitrogens is 1. The summed E-state index contributed by atoms with van der Waals surface area (Å²) in [5.74, 6) is 0. The Morgan fingerprint density at radius 2 is 0.906 bits per heavy atom. The molecular formula is C30H18ClN. The third-order valence-corrected chi connectivity index (χ3v) is 6.86. The van der Waals surface area contributed by atoms with E-state index >= 15 is 0 Å². The summed E-state index contributed by atoms with van der Waals surface area (Å²) in [6.45, 7) is 0. The second kappa shape index (κ2) is 6.59. The van der Waals surface area contributed by atoms with Crippen molar-refractivity contribution in [2.45, 2.75) is 0 Å². The van der Waals surface area contributed by atoms with Crippen LogP contribution in [0.3, 0.4) is 0 Å². The molecule has 0 spiro atoms. The second-order valence-electron chi connectivity index (χ2n) is 8.34. The minimum atomic E-state index is 0.749. The van der Waals surface area contributed by atoms with Gasteiger partial charge in [-0.1, -0.05) is 90.5 Å². The molecule has 32 heavy (non-hydrogen) atoms. The maximum atomic E-state index is 6.43. The van der Waals surface area contributed by atoms with Crippen molar-refractivity contribution in [3.05, 3.63) is 114 Å². The lowest BCUT2D eigenvalue weighted by atomic mass is 9.94. The van der Waals surface area contributed by atoms with Gasteiger partial charge in [-0.15, -0.1) is 0 Å². The summed E-state index contributed by atoms with van der Waals surface area (Å²) in [5, 5.41) is 10.9. The van der Waals surface area contributed by atoms with Gasteiger partial charge in [-0.2, -0.15) is 0 Å². The van der Waals surface area contributed by atoms with Gasteiger partial charge in [-0.25, -0.2) is 0 Å². The Kier molecular flexibility index (Phi) is 3.67. The van der Waals surface area contributed by atoms with Crippen LogP contribution in [0.2, 0.25) is 5.02 Å². The van der Waals surface area contributed by atoms with Crippen LogP contribution in [0.25, 0.3) is 59.8 Å². The van der Waals surface area contributed by atoms with Crippen LogP contribution < -0.4 is 0 Å². The summed E-state index contributed by atoms with van der Waals surface area (Å²) in [5.41, 5.74) is 3.46. The van der Waals surface area contributed by atoms with Crippen molar-refractivity contribution in [3.8, 4) is 5.69 Å². The molecule has 0 aliphatic carbocycles. The van der Waals surface area contributed by atoms with E-state index in [2.05, 4.69) is 108 Å². The van der Waals surface area contributed by atoms with Gasteiger partial charge in [0, 0.05) is 21.5 Å². The molecule has 1 aromatic heterocycles. The number of fused-ring (bicyclic) bond motifs is 9. The summed E-state index contributed by atoms with van der Waals surface area (Å²) >= 11 is 6.43. The molecule has 0 saturated carbocycles. The first kappa shape index (κ1) is 17.8. The smallest absolute Gasteiger partial charge is 0.0555 e. The predicted molar refractivity (Wildman–Crippen MR) is 138 cm³/mol. The molecule has 6 aromatic carbocycles. The molecule has 7 rings (SSSR count). The molecule has 0 bridgehead atoms. The van der Waals surface area contributed by atoms with Crippen LogP contribution in [-0.4, -0.2) is 4.57 Å². The van der Waals surface area contributed by atoms with Gasteiger partial charge >= 0.3 is 0 Å². The first-order valence-electron chi connectivity index (χ1n) is 10.8. The van der Waals surface area contributed by atoms with Crippen LogP contribution in [0.4, 0.5) is 0 Å². The highest BCUT2D eigenvalue weighted by atomic mass is 35.5. The largest absolute Gasteiger partial charge is 0.309 e. The zero-order valence-electron chi connectivity index (χ0n) is 17.2. The molecule has 150 valence electrons. The Hall–Kier alpha value is -3.81. The molecule has 1 nitrogen and oxygen atoms in total. The molecule has 0 atom stereocenters. The van der Waals surface area contributed by atoms with Crippen molar-refractivity contribution in [1.82, 2.24) is 4.57 Å². The molecule has 0 amide bonds. The SMILES string of the molecule is Clc1ccc2c3ccccc3n(-c3ccc4c5ccccc5c5ccccc5c4c3)c2c1. The summed E-state index contributed by atoms with van der Waals surface area (Å²) in [7, 11) is 0. The van der Waals surface area contributed by atoms with Gasteiger partial charge in [0.05, 0.1) is 11.0 Å². The normalized spacial score (nSPS) is 11.9. The van der Waals surface area contributed by atoms with Crippen molar-refractivity contribution in [1.29, 1.82) is 0 Å². The van der Waals surface area contributed by atoms with E-state index in [1.807, 2.05) is 6.07 Å². The van der Waals surface area contributed by atoms with Gasteiger partial charge in [0.1, 0.15) is 0 Å². The third kappa shape index (κ3) is 2.40. The van der Waals surface area contributed by atoms with Crippen molar-refractivity contribution in [2.24, 2.45) is 0 Å². The fourth-order valence-corrected chi connectivity index (χ4v) is 5.42. The molecule has 0 radical (unpaired) electrons. The Balaban J connectivity index is 1.66. The molecule has 0 aliphatic rings. The lowest BCUT2D eigenvalue weighted by Crippen LogP contribution is -1.94. The van der Waals surface area contributed by atoms with Crippen LogP contribution in [-0.2, 0) is 0 Å². The van der Waals surface area contributed by atoms with E-state index in [-0.39, 0.29) is 0 Å². The van der Waals surface area contributed by atoms with Gasteiger partial charge in [-0.3, -0.25) is 0 Å². The monoisotopic (exact) mass is 427 g/mol. The predicted octanol–water partition coefficient (Wildman–Crippen LogP) is 8.90. The number of nitrogens with zero attached hydrogens (tertiary/aromatic N) is 1. The van der Waals surface area contributed by atoms with Crippen molar-refractivity contribution >= 4 is 65.7 Å². The van der Waals surface area contributed by atoms with Crippen LogP contribution in [0, 0.1) is 0 Å². The van der Waals surface area contributed by atoms with Crippen molar-refractivity contribution in [3.63, 3.8) is 0 Å². The molecular weight excluding hydrogens is 410 g/mol. The molecule has 0 fully saturated rings. The molecule has 0 unspecified atom stereocenters. The van der Waals surface area contributed by atoms with Gasteiger partial charge < -0.3 is 4.57 Å². The fraction of sp³-hybridized carbons (Fsp3) is 0. The van der Waals surface area contributed by atoms with Crippen molar-refractivity contribution < 1.29 is 0 Å². The molecule has 0 aliphatic heterocycles. The summed E-state index contributed by atoms with van der Waals surface area (Å²) in [6.07, 6.45) is 0. The topological polar surface area (TPSA) is 4.93 Å². The van der Waals surface area contributed by atoms with Crippen molar-refractivity contribution in [2.75, 3.05) is 0 Å². The zero-order valence-corrected chi connectivity index (χ0v) is 18.0. The van der Waals surface area contributed by atoms with E-state index in [9.17, 15) is 0 Å². The number of hydrogen-bond donors (Lipinski definition) is 0. The highest BCUT2D eigenvalue weighted by molar-refractivity contribution is 6.31. The molecule has 7 aromatic rings. The quantitative estimate of drug-likeness (QED) is 0.230. The summed E-state index contributed by atoms with van der Waals surface area (Å²) < 4.78 is 2.33. The molecule has 2 heteroatoms. The van der Waals surface area contributed by atoms with E-state index in [1.54, 1.807) is 0 Å². The lowest BCUT2D eigenvalue weighted by Gasteiger charge is -2.13. The van der Waals surface area contributed by atoms with E-state index in [1.165, 1.54) is 48.6 Å². The van der Waals surface area contributed by atoms with Gasteiger partial charge in [0.25, 0.3) is 0 Å². The van der Waals surface area contributed by atoms with Crippen LogP contribution in [0.15, 0.2) is 109 Å². The highest BCUT2D eigenvalue weighted by Crippen LogP contribution is 2.38. The Bertz CT molecular complexity index is 1810.